The summed E-state index contributed by atoms with van der Waals surface area (Å²) in [5, 5.41) is 17.5. The van der Waals surface area contributed by atoms with Crippen LogP contribution in [0.25, 0.3) is 0 Å². The van der Waals surface area contributed by atoms with Gasteiger partial charge in [0.05, 0.1) is 5.92 Å². The third-order valence-electron chi connectivity index (χ3n) is 2.50. The number of unbranched alkanes of at least 4 members (excludes halogenated alkanes) is 1. The van der Waals surface area contributed by atoms with Gasteiger partial charge in [0.2, 0.25) is 0 Å². The van der Waals surface area contributed by atoms with E-state index in [0.29, 0.717) is 6.42 Å². The van der Waals surface area contributed by atoms with Gasteiger partial charge < -0.3 is 10.2 Å². The number of rotatable bonds is 9. The van der Waals surface area contributed by atoms with Crippen molar-refractivity contribution in [3.63, 3.8) is 0 Å². The van der Waals surface area contributed by atoms with E-state index >= 15 is 0 Å². The summed E-state index contributed by atoms with van der Waals surface area (Å²) in [7, 11) is 0. The van der Waals surface area contributed by atoms with Crippen LogP contribution in [-0.2, 0) is 9.59 Å². The minimum atomic E-state index is -0.949. The summed E-state index contributed by atoms with van der Waals surface area (Å²) >= 11 is 4.33. The average Bonchev–Trinajstić information content (AvgIpc) is 2.20. The Labute approximate surface area is 101 Å². The molecule has 0 saturated heterocycles. The molecule has 0 aromatic rings. The highest BCUT2D eigenvalue weighted by Gasteiger charge is 2.21. The summed E-state index contributed by atoms with van der Waals surface area (Å²) in [5.41, 5.74) is 0. The first kappa shape index (κ1) is 15.3. The molecule has 0 spiro atoms. The molecule has 4 nitrogen and oxygen atoms in total. The van der Waals surface area contributed by atoms with Gasteiger partial charge in [-0.15, -0.1) is 0 Å². The van der Waals surface area contributed by atoms with E-state index in [9.17, 15) is 9.59 Å². The molecule has 0 fully saturated rings. The summed E-state index contributed by atoms with van der Waals surface area (Å²) in [6, 6.07) is 0. The van der Waals surface area contributed by atoms with Crippen LogP contribution in [0.15, 0.2) is 0 Å². The van der Waals surface area contributed by atoms with Crippen molar-refractivity contribution in [3.8, 4) is 0 Å². The molecule has 2 N–H and O–H groups in total. The van der Waals surface area contributed by atoms with E-state index in [1.807, 2.05) is 0 Å². The Morgan fingerprint density at radius 3 is 2.31 bits per heavy atom. The van der Waals surface area contributed by atoms with Gasteiger partial charge >= 0.3 is 11.9 Å². The van der Waals surface area contributed by atoms with E-state index in [1.165, 1.54) is 0 Å². The first-order valence-corrected chi connectivity index (χ1v) is 6.11. The molecule has 0 aromatic heterocycles. The molecule has 0 heterocycles. The zero-order valence-corrected chi connectivity index (χ0v) is 10.4. The Balaban J connectivity index is 4.01. The minimum Gasteiger partial charge on any atom is -0.481 e. The highest BCUT2D eigenvalue weighted by atomic mass is 32.1. The quantitative estimate of drug-likeness (QED) is 0.548. The lowest BCUT2D eigenvalue weighted by Crippen LogP contribution is -2.19. The standard InChI is InChI=1S/C11H20O4S/c1-2-3-4-9(16)7-8(11(14)15)5-6-10(12)13/h8-9,16H,2-7H2,1H3,(H,12,13)(H,14,15). The van der Waals surface area contributed by atoms with Crippen molar-refractivity contribution in [2.24, 2.45) is 5.92 Å². The van der Waals surface area contributed by atoms with Crippen molar-refractivity contribution < 1.29 is 19.8 Å². The molecule has 94 valence electrons. The first-order chi connectivity index (χ1) is 7.47. The van der Waals surface area contributed by atoms with Crippen molar-refractivity contribution in [2.75, 3.05) is 0 Å². The number of carboxylic acid groups (broad SMARTS) is 2. The van der Waals surface area contributed by atoms with E-state index < -0.39 is 17.9 Å². The summed E-state index contributed by atoms with van der Waals surface area (Å²) in [4.78, 5) is 21.3. The number of thiol groups is 1. The summed E-state index contributed by atoms with van der Waals surface area (Å²) in [6.45, 7) is 2.07. The van der Waals surface area contributed by atoms with Crippen LogP contribution in [0.1, 0.15) is 45.4 Å². The molecule has 0 rings (SSSR count). The summed E-state index contributed by atoms with van der Waals surface area (Å²) in [6.07, 6.45) is 3.52. The number of carboxylic acids is 2. The molecular formula is C11H20O4S. The zero-order chi connectivity index (χ0) is 12.6. The molecule has 0 bridgehead atoms. The molecule has 0 aliphatic rings. The topological polar surface area (TPSA) is 74.6 Å². The van der Waals surface area contributed by atoms with E-state index in [4.69, 9.17) is 10.2 Å². The molecule has 0 aliphatic heterocycles. The second-order valence-electron chi connectivity index (χ2n) is 4.00. The Hall–Kier alpha value is -0.710. The van der Waals surface area contributed by atoms with Crippen LogP contribution in [0, 0.1) is 5.92 Å². The molecule has 2 unspecified atom stereocenters. The third kappa shape index (κ3) is 7.56. The van der Waals surface area contributed by atoms with Crippen LogP contribution < -0.4 is 0 Å². The van der Waals surface area contributed by atoms with Crippen LogP contribution in [0.3, 0.4) is 0 Å². The molecule has 0 saturated carbocycles. The molecule has 0 aromatic carbocycles. The molecule has 16 heavy (non-hydrogen) atoms. The van der Waals surface area contributed by atoms with Crippen LogP contribution in [0.5, 0.6) is 0 Å². The van der Waals surface area contributed by atoms with Gasteiger partial charge in [-0.05, 0) is 19.3 Å². The monoisotopic (exact) mass is 248 g/mol. The maximum atomic E-state index is 10.9. The molecule has 0 radical (unpaired) electrons. The van der Waals surface area contributed by atoms with Gasteiger partial charge in [0.15, 0.2) is 0 Å². The van der Waals surface area contributed by atoms with E-state index in [-0.39, 0.29) is 18.1 Å². The van der Waals surface area contributed by atoms with Gasteiger partial charge in [-0.1, -0.05) is 19.8 Å². The molecule has 0 amide bonds. The maximum absolute atomic E-state index is 10.9. The van der Waals surface area contributed by atoms with Crippen molar-refractivity contribution >= 4 is 24.6 Å². The number of carbonyl (C=O) groups is 2. The van der Waals surface area contributed by atoms with Gasteiger partial charge in [0.25, 0.3) is 0 Å². The van der Waals surface area contributed by atoms with Crippen LogP contribution in [0.4, 0.5) is 0 Å². The predicted molar refractivity (Wildman–Crippen MR) is 64.9 cm³/mol. The number of hydrogen-bond acceptors (Lipinski definition) is 3. The Kier molecular flexibility index (Phi) is 8.07. The Bertz CT molecular complexity index is 230. The lowest BCUT2D eigenvalue weighted by atomic mass is 9.95. The lowest BCUT2D eigenvalue weighted by Gasteiger charge is -2.15. The SMILES string of the molecule is CCCCC(S)CC(CCC(=O)O)C(=O)O. The van der Waals surface area contributed by atoms with Crippen molar-refractivity contribution in [1.82, 2.24) is 0 Å². The number of aliphatic carboxylic acids is 2. The van der Waals surface area contributed by atoms with Gasteiger partial charge in [-0.25, -0.2) is 0 Å². The lowest BCUT2D eigenvalue weighted by molar-refractivity contribution is -0.143. The highest BCUT2D eigenvalue weighted by Crippen LogP contribution is 2.20. The molecular weight excluding hydrogens is 228 g/mol. The molecule has 5 heteroatoms. The fraction of sp³-hybridized carbons (Fsp3) is 0.818. The smallest absolute Gasteiger partial charge is 0.306 e. The fourth-order valence-corrected chi connectivity index (χ4v) is 1.96. The van der Waals surface area contributed by atoms with Crippen molar-refractivity contribution in [3.05, 3.63) is 0 Å². The van der Waals surface area contributed by atoms with Gasteiger partial charge in [-0.3, -0.25) is 9.59 Å². The van der Waals surface area contributed by atoms with Crippen LogP contribution in [-0.4, -0.2) is 27.4 Å². The second kappa shape index (κ2) is 8.44. The summed E-state index contributed by atoms with van der Waals surface area (Å²) in [5.74, 6) is -2.46. The largest absolute Gasteiger partial charge is 0.481 e. The van der Waals surface area contributed by atoms with Gasteiger partial charge in [-0.2, -0.15) is 12.6 Å². The van der Waals surface area contributed by atoms with Gasteiger partial charge in [0, 0.05) is 11.7 Å². The normalized spacial score (nSPS) is 14.4. The fourth-order valence-electron chi connectivity index (χ4n) is 1.53. The third-order valence-corrected chi connectivity index (χ3v) is 2.97. The zero-order valence-electron chi connectivity index (χ0n) is 9.56. The van der Waals surface area contributed by atoms with Crippen LogP contribution >= 0.6 is 12.6 Å². The Morgan fingerprint density at radius 1 is 1.25 bits per heavy atom. The molecule has 0 aliphatic carbocycles. The van der Waals surface area contributed by atoms with E-state index in [1.54, 1.807) is 0 Å². The van der Waals surface area contributed by atoms with Crippen LogP contribution in [0.2, 0.25) is 0 Å². The summed E-state index contributed by atoms with van der Waals surface area (Å²) < 4.78 is 0. The Morgan fingerprint density at radius 2 is 1.88 bits per heavy atom. The first-order valence-electron chi connectivity index (χ1n) is 5.60. The predicted octanol–water partition coefficient (Wildman–Crippen LogP) is 2.43. The highest BCUT2D eigenvalue weighted by molar-refractivity contribution is 7.80. The van der Waals surface area contributed by atoms with E-state index in [2.05, 4.69) is 19.6 Å². The maximum Gasteiger partial charge on any atom is 0.306 e. The van der Waals surface area contributed by atoms with Gasteiger partial charge in [0.1, 0.15) is 0 Å². The van der Waals surface area contributed by atoms with E-state index in [0.717, 1.165) is 19.3 Å². The van der Waals surface area contributed by atoms with Crippen molar-refractivity contribution in [2.45, 2.75) is 50.7 Å². The minimum absolute atomic E-state index is 0.0508. The molecule has 2 atom stereocenters. The second-order valence-corrected chi connectivity index (χ2v) is 4.73. The average molecular weight is 248 g/mol. The van der Waals surface area contributed by atoms with Crippen molar-refractivity contribution in [1.29, 1.82) is 0 Å². The number of hydrogen-bond donors (Lipinski definition) is 3.